The first kappa shape index (κ1) is 17.2. The van der Waals surface area contributed by atoms with Crippen LogP contribution in [0.2, 0.25) is 5.02 Å². The summed E-state index contributed by atoms with van der Waals surface area (Å²) < 4.78 is 2.14. The zero-order valence-electron chi connectivity index (χ0n) is 15.3. The van der Waals surface area contributed by atoms with E-state index in [0.717, 1.165) is 47.6 Å². The lowest BCUT2D eigenvalue weighted by molar-refractivity contribution is 0.347. The molecule has 0 saturated heterocycles. The maximum absolute atomic E-state index is 6.07. The summed E-state index contributed by atoms with van der Waals surface area (Å²) >= 11 is 6.07. The summed E-state index contributed by atoms with van der Waals surface area (Å²) in [6, 6.07) is 8.31. The number of pyridine rings is 1. The molecule has 1 aliphatic carbocycles. The highest BCUT2D eigenvalue weighted by atomic mass is 35.5. The van der Waals surface area contributed by atoms with Crippen molar-refractivity contribution in [2.45, 2.75) is 31.3 Å². The van der Waals surface area contributed by atoms with Gasteiger partial charge >= 0.3 is 0 Å². The zero-order chi connectivity index (χ0) is 18.3. The fourth-order valence-corrected chi connectivity index (χ4v) is 3.73. The molecular formula is C19H23ClN6. The molecule has 1 aliphatic rings. The highest BCUT2D eigenvalue weighted by molar-refractivity contribution is 6.31. The highest BCUT2D eigenvalue weighted by Gasteiger charge is 2.34. The molecule has 1 aromatic carbocycles. The molecule has 2 heterocycles. The van der Waals surface area contributed by atoms with E-state index in [1.807, 2.05) is 44.6 Å². The van der Waals surface area contributed by atoms with Crippen molar-refractivity contribution in [2.24, 2.45) is 7.05 Å². The number of fused-ring (bicyclic) bond motifs is 1. The molecule has 6 nitrogen and oxygen atoms in total. The second-order valence-electron chi connectivity index (χ2n) is 7.30. The topological polar surface area (TPSA) is 58.9 Å². The SMILES string of the molecule is CN(C)Cc1nnc(C2CC(Nc3ccnc4cc(Cl)ccc34)C2)n1C. The molecule has 0 bridgehead atoms. The summed E-state index contributed by atoms with van der Waals surface area (Å²) in [5.74, 6) is 2.56. The van der Waals surface area contributed by atoms with Crippen molar-refractivity contribution in [2.75, 3.05) is 19.4 Å². The largest absolute Gasteiger partial charge is 0.382 e. The lowest BCUT2D eigenvalue weighted by atomic mass is 9.79. The van der Waals surface area contributed by atoms with Gasteiger partial charge in [-0.25, -0.2) is 0 Å². The van der Waals surface area contributed by atoms with Gasteiger partial charge in [-0.15, -0.1) is 10.2 Å². The number of halogens is 1. The van der Waals surface area contributed by atoms with Gasteiger partial charge in [0.25, 0.3) is 0 Å². The Kier molecular flexibility index (Phi) is 4.54. The molecule has 136 valence electrons. The van der Waals surface area contributed by atoms with Crippen LogP contribution in [0, 0.1) is 0 Å². The molecule has 1 N–H and O–H groups in total. The van der Waals surface area contributed by atoms with Gasteiger partial charge in [-0.1, -0.05) is 11.6 Å². The molecule has 0 spiro atoms. The van der Waals surface area contributed by atoms with Crippen molar-refractivity contribution < 1.29 is 0 Å². The predicted molar refractivity (Wildman–Crippen MR) is 105 cm³/mol. The number of hydrogen-bond donors (Lipinski definition) is 1. The Bertz CT molecular complexity index is 929. The number of benzene rings is 1. The van der Waals surface area contributed by atoms with Gasteiger partial charge in [0, 0.05) is 41.3 Å². The zero-order valence-corrected chi connectivity index (χ0v) is 16.0. The molecule has 26 heavy (non-hydrogen) atoms. The molecule has 0 unspecified atom stereocenters. The normalized spacial score (nSPS) is 19.7. The minimum Gasteiger partial charge on any atom is -0.382 e. The summed E-state index contributed by atoms with van der Waals surface area (Å²) in [4.78, 5) is 6.52. The lowest BCUT2D eigenvalue weighted by Crippen LogP contribution is -2.35. The van der Waals surface area contributed by atoms with Crippen LogP contribution in [0.25, 0.3) is 10.9 Å². The third-order valence-electron chi connectivity index (χ3n) is 5.02. The van der Waals surface area contributed by atoms with Crippen molar-refractivity contribution in [3.05, 3.63) is 47.1 Å². The van der Waals surface area contributed by atoms with Crippen molar-refractivity contribution in [3.63, 3.8) is 0 Å². The number of aromatic nitrogens is 4. The first-order valence-corrected chi connectivity index (χ1v) is 9.22. The Morgan fingerprint density at radius 2 is 2.04 bits per heavy atom. The molecule has 0 atom stereocenters. The molecule has 0 aliphatic heterocycles. The Hall–Kier alpha value is -2.18. The van der Waals surface area contributed by atoms with E-state index in [-0.39, 0.29) is 0 Å². The molecule has 0 radical (unpaired) electrons. The van der Waals surface area contributed by atoms with Crippen molar-refractivity contribution in [1.82, 2.24) is 24.6 Å². The van der Waals surface area contributed by atoms with Gasteiger partial charge in [0.05, 0.1) is 12.1 Å². The van der Waals surface area contributed by atoms with Crippen LogP contribution >= 0.6 is 11.6 Å². The van der Waals surface area contributed by atoms with Gasteiger partial charge in [0.15, 0.2) is 0 Å². The first-order chi connectivity index (χ1) is 12.5. The standard InChI is InChI=1S/C19H23ClN6/c1-25(2)11-18-23-24-19(26(18)3)12-8-14(9-12)22-16-6-7-21-17-10-13(20)4-5-15(16)17/h4-7,10,12,14H,8-9,11H2,1-3H3,(H,21,22). The van der Waals surface area contributed by atoms with Gasteiger partial charge in [-0.05, 0) is 51.2 Å². The minimum atomic E-state index is 0.440. The van der Waals surface area contributed by atoms with E-state index in [1.165, 1.54) is 0 Å². The first-order valence-electron chi connectivity index (χ1n) is 8.85. The molecule has 7 heteroatoms. The Morgan fingerprint density at radius 1 is 1.23 bits per heavy atom. The van der Waals surface area contributed by atoms with Crippen LogP contribution in [-0.4, -0.2) is 44.8 Å². The third-order valence-corrected chi connectivity index (χ3v) is 5.26. The smallest absolute Gasteiger partial charge is 0.146 e. The summed E-state index contributed by atoms with van der Waals surface area (Å²) in [6.07, 6.45) is 3.95. The Morgan fingerprint density at radius 3 is 2.81 bits per heavy atom. The second-order valence-corrected chi connectivity index (χ2v) is 7.74. The Balaban J connectivity index is 1.44. The van der Waals surface area contributed by atoms with Crippen LogP contribution in [0.15, 0.2) is 30.5 Å². The van der Waals surface area contributed by atoms with Gasteiger partial charge in [0.1, 0.15) is 11.6 Å². The van der Waals surface area contributed by atoms with Gasteiger partial charge in [0.2, 0.25) is 0 Å². The highest BCUT2D eigenvalue weighted by Crippen LogP contribution is 2.38. The van der Waals surface area contributed by atoms with E-state index in [9.17, 15) is 0 Å². The maximum atomic E-state index is 6.07. The van der Waals surface area contributed by atoms with Crippen LogP contribution in [0.4, 0.5) is 5.69 Å². The predicted octanol–water partition coefficient (Wildman–Crippen LogP) is 3.44. The number of anilines is 1. The minimum absolute atomic E-state index is 0.440. The molecule has 4 rings (SSSR count). The van der Waals surface area contributed by atoms with E-state index in [1.54, 1.807) is 0 Å². The average Bonchev–Trinajstić information content (AvgIpc) is 2.90. The van der Waals surface area contributed by atoms with E-state index >= 15 is 0 Å². The molecule has 2 aromatic heterocycles. The lowest BCUT2D eigenvalue weighted by Gasteiger charge is -2.36. The molecule has 0 amide bonds. The van der Waals surface area contributed by atoms with E-state index in [0.29, 0.717) is 17.0 Å². The van der Waals surface area contributed by atoms with Crippen LogP contribution in [-0.2, 0) is 13.6 Å². The van der Waals surface area contributed by atoms with Gasteiger partial charge in [-0.3, -0.25) is 4.98 Å². The number of nitrogens with zero attached hydrogens (tertiary/aromatic N) is 5. The summed E-state index contributed by atoms with van der Waals surface area (Å²) in [5.41, 5.74) is 2.03. The molecule has 1 saturated carbocycles. The van der Waals surface area contributed by atoms with Crippen molar-refractivity contribution >= 4 is 28.2 Å². The van der Waals surface area contributed by atoms with E-state index in [4.69, 9.17) is 11.6 Å². The molecular weight excluding hydrogens is 348 g/mol. The monoisotopic (exact) mass is 370 g/mol. The molecule has 1 fully saturated rings. The van der Waals surface area contributed by atoms with E-state index < -0.39 is 0 Å². The van der Waals surface area contributed by atoms with Crippen molar-refractivity contribution in [3.8, 4) is 0 Å². The number of hydrogen-bond acceptors (Lipinski definition) is 5. The average molecular weight is 371 g/mol. The second kappa shape index (κ2) is 6.85. The van der Waals surface area contributed by atoms with Crippen LogP contribution < -0.4 is 5.32 Å². The van der Waals surface area contributed by atoms with Crippen LogP contribution in [0.5, 0.6) is 0 Å². The summed E-state index contributed by atoms with van der Waals surface area (Å²) in [6.45, 7) is 0.809. The van der Waals surface area contributed by atoms with Gasteiger partial charge < -0.3 is 14.8 Å². The van der Waals surface area contributed by atoms with E-state index in [2.05, 4.69) is 37.0 Å². The maximum Gasteiger partial charge on any atom is 0.146 e. The van der Waals surface area contributed by atoms with Gasteiger partial charge in [-0.2, -0.15) is 0 Å². The quantitative estimate of drug-likeness (QED) is 0.745. The third kappa shape index (κ3) is 3.27. The fraction of sp³-hybridized carbons (Fsp3) is 0.421. The summed E-state index contributed by atoms with van der Waals surface area (Å²) in [7, 11) is 6.16. The number of nitrogens with one attached hydrogen (secondary N) is 1. The van der Waals surface area contributed by atoms with Crippen LogP contribution in [0.1, 0.15) is 30.4 Å². The molecule has 3 aromatic rings. The summed E-state index contributed by atoms with van der Waals surface area (Å²) in [5, 5.41) is 14.2. The van der Waals surface area contributed by atoms with Crippen LogP contribution in [0.3, 0.4) is 0 Å². The Labute approximate surface area is 158 Å². The fourth-order valence-electron chi connectivity index (χ4n) is 3.56. The van der Waals surface area contributed by atoms with Crippen molar-refractivity contribution in [1.29, 1.82) is 0 Å². The number of rotatable bonds is 5.